The normalized spacial score (nSPS) is 18.8. The minimum atomic E-state index is -3.14. The molecule has 0 N–H and O–H groups in total. The number of amides is 1. The van der Waals surface area contributed by atoms with Crippen molar-refractivity contribution in [1.29, 1.82) is 0 Å². The molecule has 1 unspecified atom stereocenters. The Hall–Kier alpha value is -2.21. The van der Waals surface area contributed by atoms with Crippen molar-refractivity contribution in [2.75, 3.05) is 11.5 Å². The summed E-state index contributed by atoms with van der Waals surface area (Å²) in [6, 6.07) is 13.1. The Morgan fingerprint density at radius 2 is 1.68 bits per heavy atom. The smallest absolute Gasteiger partial charge is 0.254 e. The first-order valence-corrected chi connectivity index (χ1v) is 11.2. The van der Waals surface area contributed by atoms with Crippen LogP contribution < -0.4 is 0 Å². The van der Waals surface area contributed by atoms with E-state index >= 15 is 0 Å². The van der Waals surface area contributed by atoms with Crippen molar-refractivity contribution in [1.82, 2.24) is 4.90 Å². The summed E-state index contributed by atoms with van der Waals surface area (Å²) in [4.78, 5) is 14.7. The fourth-order valence-electron chi connectivity index (χ4n) is 3.45. The first kappa shape index (κ1) is 20.5. The number of carbonyl (C=O) groups is 1. The predicted octanol–water partition coefficient (Wildman–Crippen LogP) is 3.95. The zero-order valence-electron chi connectivity index (χ0n) is 16.5. The van der Waals surface area contributed by atoms with Gasteiger partial charge in [0.05, 0.1) is 11.5 Å². The average Bonchev–Trinajstić information content (AvgIpc) is 2.99. The summed E-state index contributed by atoms with van der Waals surface area (Å²) in [5, 5.41) is 0. The molecule has 1 aliphatic rings. The lowest BCUT2D eigenvalue weighted by atomic mass is 9.86. The molecule has 150 valence electrons. The third kappa shape index (κ3) is 4.79. The topological polar surface area (TPSA) is 54.5 Å². The van der Waals surface area contributed by atoms with Crippen molar-refractivity contribution in [2.24, 2.45) is 0 Å². The molecule has 1 fully saturated rings. The third-order valence-corrected chi connectivity index (χ3v) is 6.92. The number of benzene rings is 2. The molecule has 2 aromatic rings. The molecular weight excluding hydrogens is 377 g/mol. The number of sulfone groups is 1. The van der Waals surface area contributed by atoms with Crippen LogP contribution in [0.2, 0.25) is 0 Å². The molecule has 0 aliphatic carbocycles. The maximum Gasteiger partial charge on any atom is 0.254 e. The highest BCUT2D eigenvalue weighted by Crippen LogP contribution is 2.25. The molecule has 1 aliphatic heterocycles. The zero-order valence-corrected chi connectivity index (χ0v) is 17.3. The standard InChI is InChI=1S/C22H26FNO3S/c1-22(2,3)18-8-4-16(5-9-18)14-24(20-12-13-28(26,27)15-20)21(25)17-6-10-19(23)11-7-17/h4-11,20H,12-15H2,1-3H3. The van der Waals surface area contributed by atoms with E-state index in [9.17, 15) is 17.6 Å². The first-order valence-electron chi connectivity index (χ1n) is 9.41. The summed E-state index contributed by atoms with van der Waals surface area (Å²) in [5.41, 5.74) is 2.52. The minimum Gasteiger partial charge on any atom is -0.330 e. The summed E-state index contributed by atoms with van der Waals surface area (Å²) in [7, 11) is -3.14. The largest absolute Gasteiger partial charge is 0.330 e. The number of hydrogen-bond acceptors (Lipinski definition) is 3. The van der Waals surface area contributed by atoms with E-state index in [0.29, 0.717) is 18.5 Å². The van der Waals surface area contributed by atoms with Gasteiger partial charge in [0.15, 0.2) is 9.84 Å². The molecule has 1 amide bonds. The molecule has 1 atom stereocenters. The van der Waals surface area contributed by atoms with Crippen LogP contribution in [-0.2, 0) is 21.8 Å². The van der Waals surface area contributed by atoms with E-state index < -0.39 is 15.7 Å². The highest BCUT2D eigenvalue weighted by Gasteiger charge is 2.35. The molecule has 2 aromatic carbocycles. The van der Waals surface area contributed by atoms with Gasteiger partial charge < -0.3 is 4.90 Å². The van der Waals surface area contributed by atoms with Crippen LogP contribution in [0.25, 0.3) is 0 Å². The fraction of sp³-hybridized carbons (Fsp3) is 0.409. The van der Waals surface area contributed by atoms with E-state index in [2.05, 4.69) is 20.8 Å². The van der Waals surface area contributed by atoms with E-state index in [1.807, 2.05) is 24.3 Å². The van der Waals surface area contributed by atoms with Crippen LogP contribution >= 0.6 is 0 Å². The van der Waals surface area contributed by atoms with Gasteiger partial charge in [-0.15, -0.1) is 0 Å². The van der Waals surface area contributed by atoms with Gasteiger partial charge >= 0.3 is 0 Å². The Balaban J connectivity index is 1.88. The highest BCUT2D eigenvalue weighted by molar-refractivity contribution is 7.91. The van der Waals surface area contributed by atoms with Gasteiger partial charge in [-0.2, -0.15) is 0 Å². The van der Waals surface area contributed by atoms with Crippen molar-refractivity contribution in [3.05, 3.63) is 71.0 Å². The second kappa shape index (κ2) is 7.66. The Morgan fingerprint density at radius 3 is 2.18 bits per heavy atom. The van der Waals surface area contributed by atoms with Gasteiger partial charge in [-0.25, -0.2) is 12.8 Å². The summed E-state index contributed by atoms with van der Waals surface area (Å²) in [6.45, 7) is 6.72. The molecule has 0 bridgehead atoms. The maximum absolute atomic E-state index is 13.2. The van der Waals surface area contributed by atoms with Crippen LogP contribution in [0.3, 0.4) is 0 Å². The summed E-state index contributed by atoms with van der Waals surface area (Å²) in [6.07, 6.45) is 0.426. The van der Waals surface area contributed by atoms with Crippen LogP contribution in [-0.4, -0.2) is 36.8 Å². The second-order valence-electron chi connectivity index (χ2n) is 8.44. The lowest BCUT2D eigenvalue weighted by Gasteiger charge is -2.29. The molecule has 0 radical (unpaired) electrons. The number of halogens is 1. The van der Waals surface area contributed by atoms with Gasteiger partial charge in [-0.1, -0.05) is 45.0 Å². The summed E-state index contributed by atoms with van der Waals surface area (Å²) >= 11 is 0. The molecular formula is C22H26FNO3S. The SMILES string of the molecule is CC(C)(C)c1ccc(CN(C(=O)c2ccc(F)cc2)C2CCS(=O)(=O)C2)cc1. The van der Waals surface area contributed by atoms with Gasteiger partial charge in [0.2, 0.25) is 0 Å². The van der Waals surface area contributed by atoms with E-state index in [1.165, 1.54) is 29.8 Å². The van der Waals surface area contributed by atoms with E-state index in [4.69, 9.17) is 0 Å². The van der Waals surface area contributed by atoms with Crippen molar-refractivity contribution < 1.29 is 17.6 Å². The van der Waals surface area contributed by atoms with Gasteiger partial charge in [0, 0.05) is 18.2 Å². The lowest BCUT2D eigenvalue weighted by Crippen LogP contribution is -2.40. The first-order chi connectivity index (χ1) is 13.0. The summed E-state index contributed by atoms with van der Waals surface area (Å²) < 4.78 is 37.2. The van der Waals surface area contributed by atoms with Gasteiger partial charge in [0.1, 0.15) is 5.82 Å². The summed E-state index contributed by atoms with van der Waals surface area (Å²) in [5.74, 6) is -0.625. The van der Waals surface area contributed by atoms with E-state index in [0.717, 1.165) is 5.56 Å². The van der Waals surface area contributed by atoms with E-state index in [-0.39, 0.29) is 28.9 Å². The third-order valence-electron chi connectivity index (χ3n) is 5.17. The molecule has 4 nitrogen and oxygen atoms in total. The number of nitrogens with zero attached hydrogens (tertiary/aromatic N) is 1. The van der Waals surface area contributed by atoms with E-state index in [1.54, 1.807) is 4.90 Å². The van der Waals surface area contributed by atoms with Crippen LogP contribution in [0.5, 0.6) is 0 Å². The van der Waals surface area contributed by atoms with Crippen molar-refractivity contribution in [3.8, 4) is 0 Å². The lowest BCUT2D eigenvalue weighted by molar-refractivity contribution is 0.0681. The van der Waals surface area contributed by atoms with Gasteiger partial charge in [-0.05, 0) is 47.2 Å². The fourth-order valence-corrected chi connectivity index (χ4v) is 5.18. The molecule has 1 saturated heterocycles. The number of carbonyl (C=O) groups excluding carboxylic acids is 1. The monoisotopic (exact) mass is 403 g/mol. The molecule has 0 saturated carbocycles. The molecule has 0 spiro atoms. The zero-order chi connectivity index (χ0) is 20.5. The number of rotatable bonds is 4. The Labute approximate surface area is 166 Å². The highest BCUT2D eigenvalue weighted by atomic mass is 32.2. The number of hydrogen-bond donors (Lipinski definition) is 0. The Kier molecular flexibility index (Phi) is 5.62. The van der Waals surface area contributed by atoms with Crippen molar-refractivity contribution >= 4 is 15.7 Å². The Bertz CT molecular complexity index is 945. The molecule has 1 heterocycles. The van der Waals surface area contributed by atoms with Gasteiger partial charge in [0.25, 0.3) is 5.91 Å². The molecule has 0 aromatic heterocycles. The minimum absolute atomic E-state index is 0.0278. The maximum atomic E-state index is 13.2. The van der Waals surface area contributed by atoms with Crippen LogP contribution in [0.15, 0.2) is 48.5 Å². The average molecular weight is 404 g/mol. The van der Waals surface area contributed by atoms with Crippen molar-refractivity contribution in [3.63, 3.8) is 0 Å². The quantitative estimate of drug-likeness (QED) is 0.777. The van der Waals surface area contributed by atoms with Crippen LogP contribution in [0.4, 0.5) is 4.39 Å². The van der Waals surface area contributed by atoms with Crippen LogP contribution in [0.1, 0.15) is 48.7 Å². The predicted molar refractivity (Wildman–Crippen MR) is 108 cm³/mol. The second-order valence-corrected chi connectivity index (χ2v) is 10.7. The Morgan fingerprint density at radius 1 is 1.07 bits per heavy atom. The van der Waals surface area contributed by atoms with Gasteiger partial charge in [-0.3, -0.25) is 4.79 Å². The van der Waals surface area contributed by atoms with Crippen molar-refractivity contribution in [2.45, 2.75) is 45.2 Å². The van der Waals surface area contributed by atoms with Crippen LogP contribution in [0, 0.1) is 5.82 Å². The molecule has 3 rings (SSSR count). The molecule has 6 heteroatoms. The molecule has 28 heavy (non-hydrogen) atoms.